The lowest BCUT2D eigenvalue weighted by Crippen LogP contribution is -2.47. The SMILES string of the molecule is Cc1sc(-c2ccco2)nc1C(=O)N(C)CC(=O)N1CCCC(C(=O)O)C1. The number of nitrogens with zero attached hydrogens (tertiary/aromatic N) is 3. The minimum atomic E-state index is -0.888. The fraction of sp³-hybridized carbons (Fsp3) is 0.444. The zero-order chi connectivity index (χ0) is 19.6. The first kappa shape index (κ1) is 19.1. The Labute approximate surface area is 160 Å². The molecule has 144 valence electrons. The van der Waals surface area contributed by atoms with Gasteiger partial charge in [-0.3, -0.25) is 14.4 Å². The summed E-state index contributed by atoms with van der Waals surface area (Å²) in [4.78, 5) is 44.3. The van der Waals surface area contributed by atoms with Crippen molar-refractivity contribution in [3.63, 3.8) is 0 Å². The third-order valence-electron chi connectivity index (χ3n) is 4.57. The van der Waals surface area contributed by atoms with Crippen LogP contribution >= 0.6 is 11.3 Å². The van der Waals surface area contributed by atoms with Crippen LogP contribution in [-0.4, -0.2) is 64.4 Å². The number of aromatic nitrogens is 1. The normalized spacial score (nSPS) is 17.0. The maximum absolute atomic E-state index is 12.7. The van der Waals surface area contributed by atoms with Crippen molar-refractivity contribution >= 4 is 29.1 Å². The molecule has 3 heterocycles. The van der Waals surface area contributed by atoms with E-state index in [0.29, 0.717) is 35.8 Å². The van der Waals surface area contributed by atoms with Gasteiger partial charge in [-0.15, -0.1) is 11.3 Å². The number of hydrogen-bond donors (Lipinski definition) is 1. The molecule has 8 nitrogen and oxygen atoms in total. The average Bonchev–Trinajstić information content (AvgIpc) is 3.30. The molecular weight excluding hydrogens is 370 g/mol. The number of hydrogen-bond acceptors (Lipinski definition) is 6. The number of carboxylic acid groups (broad SMARTS) is 1. The predicted molar refractivity (Wildman–Crippen MR) is 98.5 cm³/mol. The summed E-state index contributed by atoms with van der Waals surface area (Å²) in [6.45, 7) is 2.39. The molecule has 1 unspecified atom stereocenters. The molecular formula is C18H21N3O5S. The van der Waals surface area contributed by atoms with Crippen LogP contribution in [0.25, 0.3) is 10.8 Å². The summed E-state index contributed by atoms with van der Waals surface area (Å²) in [5, 5.41) is 9.76. The number of aliphatic carboxylic acids is 1. The second-order valence-corrected chi connectivity index (χ2v) is 7.78. The van der Waals surface area contributed by atoms with Gasteiger partial charge in [0, 0.05) is 25.0 Å². The third kappa shape index (κ3) is 4.19. The maximum atomic E-state index is 12.7. The zero-order valence-electron chi connectivity index (χ0n) is 15.2. The number of carbonyl (C=O) groups is 3. The summed E-state index contributed by atoms with van der Waals surface area (Å²) in [5.74, 6) is -1.44. The summed E-state index contributed by atoms with van der Waals surface area (Å²) in [6, 6.07) is 3.52. The lowest BCUT2D eigenvalue weighted by Gasteiger charge is -2.31. The molecule has 27 heavy (non-hydrogen) atoms. The van der Waals surface area contributed by atoms with Crippen LogP contribution in [0.4, 0.5) is 0 Å². The number of furan rings is 1. The Morgan fingerprint density at radius 2 is 2.22 bits per heavy atom. The number of likely N-dealkylation sites (tertiary alicyclic amines) is 1. The van der Waals surface area contributed by atoms with E-state index in [1.807, 2.05) is 0 Å². The van der Waals surface area contributed by atoms with Gasteiger partial charge in [-0.1, -0.05) is 0 Å². The lowest BCUT2D eigenvalue weighted by atomic mass is 9.98. The second kappa shape index (κ2) is 7.91. The van der Waals surface area contributed by atoms with E-state index in [1.54, 1.807) is 32.4 Å². The molecule has 1 aliphatic rings. The van der Waals surface area contributed by atoms with Crippen LogP contribution in [-0.2, 0) is 9.59 Å². The first-order valence-corrected chi connectivity index (χ1v) is 9.45. The fourth-order valence-electron chi connectivity index (χ4n) is 3.06. The van der Waals surface area contributed by atoms with Crippen molar-refractivity contribution in [2.75, 3.05) is 26.7 Å². The molecule has 1 aliphatic heterocycles. The van der Waals surface area contributed by atoms with Gasteiger partial charge in [0.05, 0.1) is 18.7 Å². The summed E-state index contributed by atoms with van der Waals surface area (Å²) in [7, 11) is 1.55. The highest BCUT2D eigenvalue weighted by Gasteiger charge is 2.29. The highest BCUT2D eigenvalue weighted by Crippen LogP contribution is 2.28. The maximum Gasteiger partial charge on any atom is 0.308 e. The molecule has 1 fully saturated rings. The molecule has 0 radical (unpaired) electrons. The van der Waals surface area contributed by atoms with E-state index in [1.165, 1.54) is 21.1 Å². The minimum absolute atomic E-state index is 0.113. The first-order valence-electron chi connectivity index (χ1n) is 8.64. The summed E-state index contributed by atoms with van der Waals surface area (Å²) < 4.78 is 5.32. The molecule has 1 N–H and O–H groups in total. The van der Waals surface area contributed by atoms with Crippen LogP contribution in [0.5, 0.6) is 0 Å². The van der Waals surface area contributed by atoms with Crippen molar-refractivity contribution in [2.45, 2.75) is 19.8 Å². The van der Waals surface area contributed by atoms with Crippen molar-refractivity contribution in [1.82, 2.24) is 14.8 Å². The van der Waals surface area contributed by atoms with Gasteiger partial charge in [0.2, 0.25) is 5.91 Å². The van der Waals surface area contributed by atoms with Crippen molar-refractivity contribution in [2.24, 2.45) is 5.92 Å². The van der Waals surface area contributed by atoms with Crippen LogP contribution in [0, 0.1) is 12.8 Å². The van der Waals surface area contributed by atoms with Crippen molar-refractivity contribution in [3.05, 3.63) is 29.0 Å². The Balaban J connectivity index is 1.65. The molecule has 0 saturated carbocycles. The van der Waals surface area contributed by atoms with Crippen LogP contribution in [0.3, 0.4) is 0 Å². The van der Waals surface area contributed by atoms with Gasteiger partial charge in [-0.25, -0.2) is 4.98 Å². The monoisotopic (exact) mass is 391 g/mol. The average molecular weight is 391 g/mol. The van der Waals surface area contributed by atoms with E-state index >= 15 is 0 Å². The van der Waals surface area contributed by atoms with Crippen LogP contribution in [0.2, 0.25) is 0 Å². The second-order valence-electron chi connectivity index (χ2n) is 6.58. The molecule has 0 aromatic carbocycles. The highest BCUT2D eigenvalue weighted by atomic mass is 32.1. The molecule has 2 aromatic rings. The number of likely N-dealkylation sites (N-methyl/N-ethyl adjacent to an activating group) is 1. The molecule has 3 rings (SSSR count). The quantitative estimate of drug-likeness (QED) is 0.837. The van der Waals surface area contributed by atoms with Gasteiger partial charge in [0.15, 0.2) is 10.8 Å². The summed E-state index contributed by atoms with van der Waals surface area (Å²) in [6.07, 6.45) is 2.76. The Morgan fingerprint density at radius 3 is 2.89 bits per heavy atom. The Kier molecular flexibility index (Phi) is 5.59. The standard InChI is InChI=1S/C18H21N3O5S/c1-11-15(19-16(27-11)13-6-4-8-26-13)17(23)20(2)10-14(22)21-7-3-5-12(9-21)18(24)25/h4,6,8,12H,3,5,7,9-10H2,1-2H3,(H,24,25). The predicted octanol–water partition coefficient (Wildman–Crippen LogP) is 2.11. The molecule has 0 bridgehead atoms. The van der Waals surface area contributed by atoms with E-state index in [9.17, 15) is 14.4 Å². The molecule has 0 spiro atoms. The van der Waals surface area contributed by atoms with Crippen LogP contribution < -0.4 is 0 Å². The summed E-state index contributed by atoms with van der Waals surface area (Å²) in [5.41, 5.74) is 0.295. The molecule has 2 aromatic heterocycles. The molecule has 2 amide bonds. The minimum Gasteiger partial charge on any atom is -0.481 e. The van der Waals surface area contributed by atoms with Crippen molar-refractivity contribution < 1.29 is 23.9 Å². The number of aryl methyl sites for hydroxylation is 1. The molecule has 9 heteroatoms. The summed E-state index contributed by atoms with van der Waals surface area (Å²) >= 11 is 1.36. The van der Waals surface area contributed by atoms with E-state index < -0.39 is 11.9 Å². The van der Waals surface area contributed by atoms with Crippen LogP contribution in [0.1, 0.15) is 28.2 Å². The van der Waals surface area contributed by atoms with Gasteiger partial charge >= 0.3 is 5.97 Å². The Bertz CT molecular complexity index is 845. The number of rotatable bonds is 5. The van der Waals surface area contributed by atoms with E-state index in [0.717, 1.165) is 4.88 Å². The van der Waals surface area contributed by atoms with Gasteiger partial charge in [-0.05, 0) is 31.9 Å². The van der Waals surface area contributed by atoms with Gasteiger partial charge in [0.25, 0.3) is 5.91 Å². The number of piperidine rings is 1. The molecule has 1 saturated heterocycles. The van der Waals surface area contributed by atoms with Gasteiger partial charge in [0.1, 0.15) is 5.69 Å². The van der Waals surface area contributed by atoms with E-state index in [2.05, 4.69) is 4.98 Å². The number of carbonyl (C=O) groups excluding carboxylic acids is 2. The van der Waals surface area contributed by atoms with Gasteiger partial charge < -0.3 is 19.3 Å². The molecule has 1 atom stereocenters. The van der Waals surface area contributed by atoms with Crippen molar-refractivity contribution in [3.8, 4) is 10.8 Å². The van der Waals surface area contributed by atoms with Crippen LogP contribution in [0.15, 0.2) is 22.8 Å². The van der Waals surface area contributed by atoms with E-state index in [-0.39, 0.29) is 24.9 Å². The Hall–Kier alpha value is -2.68. The highest BCUT2D eigenvalue weighted by molar-refractivity contribution is 7.15. The third-order valence-corrected chi connectivity index (χ3v) is 5.56. The number of amides is 2. The lowest BCUT2D eigenvalue weighted by molar-refractivity contribution is -0.145. The number of carboxylic acids is 1. The topological polar surface area (TPSA) is 104 Å². The fourth-order valence-corrected chi connectivity index (χ4v) is 3.93. The number of thiazole rings is 1. The van der Waals surface area contributed by atoms with E-state index in [4.69, 9.17) is 9.52 Å². The van der Waals surface area contributed by atoms with Gasteiger partial charge in [-0.2, -0.15) is 0 Å². The Morgan fingerprint density at radius 1 is 1.44 bits per heavy atom. The zero-order valence-corrected chi connectivity index (χ0v) is 16.0. The molecule has 0 aliphatic carbocycles. The van der Waals surface area contributed by atoms with Crippen molar-refractivity contribution in [1.29, 1.82) is 0 Å². The first-order chi connectivity index (χ1) is 12.9. The largest absolute Gasteiger partial charge is 0.481 e. The smallest absolute Gasteiger partial charge is 0.308 e.